The average Bonchev–Trinajstić information content (AvgIpc) is 3.12. The number of amides is 2. The van der Waals surface area contributed by atoms with Crippen molar-refractivity contribution in [3.8, 4) is 0 Å². The van der Waals surface area contributed by atoms with Crippen molar-refractivity contribution in [1.29, 1.82) is 0 Å². The van der Waals surface area contributed by atoms with Crippen LogP contribution in [0.15, 0.2) is 36.7 Å². The molecule has 0 aliphatic carbocycles. The molecule has 6 heteroatoms. The molecule has 0 spiro atoms. The number of hydrogen-bond acceptors (Lipinski definition) is 3. The molecule has 0 radical (unpaired) electrons. The minimum absolute atomic E-state index is 0.0879. The van der Waals surface area contributed by atoms with Crippen LogP contribution < -0.4 is 5.32 Å². The van der Waals surface area contributed by atoms with Gasteiger partial charge >= 0.3 is 0 Å². The summed E-state index contributed by atoms with van der Waals surface area (Å²) < 4.78 is 0. The molecule has 1 aromatic carbocycles. The number of carbonyl (C=O) groups excluding carboxylic acids is 2. The van der Waals surface area contributed by atoms with Crippen molar-refractivity contribution in [2.75, 3.05) is 13.1 Å². The number of likely N-dealkylation sites (tertiary alicyclic amines) is 1. The number of nitrogens with one attached hydrogen (secondary N) is 2. The number of aryl methyl sites for hydroxylation is 1. The number of nitrogens with zero attached hydrogens (tertiary/aromatic N) is 2. The number of imidazole rings is 1. The summed E-state index contributed by atoms with van der Waals surface area (Å²) in [6.07, 6.45) is 2.67. The zero-order chi connectivity index (χ0) is 16.2. The Morgan fingerprint density at radius 1 is 1.39 bits per heavy atom. The Bertz CT molecular complexity index is 696. The van der Waals surface area contributed by atoms with Crippen LogP contribution >= 0.6 is 0 Å². The van der Waals surface area contributed by atoms with E-state index in [1.54, 1.807) is 6.92 Å². The first-order chi connectivity index (χ1) is 11.1. The summed E-state index contributed by atoms with van der Waals surface area (Å²) in [5, 5.41) is 2.90. The van der Waals surface area contributed by atoms with Crippen molar-refractivity contribution in [3.63, 3.8) is 0 Å². The molecule has 23 heavy (non-hydrogen) atoms. The number of hydrogen-bond donors (Lipinski definition) is 2. The maximum Gasteiger partial charge on any atom is 0.272 e. The SMILES string of the molecule is Cc1[nH]cnc1C(=O)NC1CC(=O)N(CCc2ccccc2)C1. The third kappa shape index (κ3) is 3.59. The first-order valence-corrected chi connectivity index (χ1v) is 7.76. The second-order valence-electron chi connectivity index (χ2n) is 5.83. The van der Waals surface area contributed by atoms with Crippen molar-refractivity contribution < 1.29 is 9.59 Å². The molecule has 2 amide bonds. The predicted molar refractivity (Wildman–Crippen MR) is 85.9 cm³/mol. The molecule has 1 aliphatic heterocycles. The fraction of sp³-hybridized carbons (Fsp3) is 0.353. The van der Waals surface area contributed by atoms with E-state index in [2.05, 4.69) is 27.4 Å². The molecular weight excluding hydrogens is 292 g/mol. The van der Waals surface area contributed by atoms with Crippen LogP contribution in [0.1, 0.15) is 28.2 Å². The molecule has 120 valence electrons. The summed E-state index contributed by atoms with van der Waals surface area (Å²) in [6.45, 7) is 3.03. The highest BCUT2D eigenvalue weighted by Gasteiger charge is 2.30. The topological polar surface area (TPSA) is 78.1 Å². The van der Waals surface area contributed by atoms with Crippen molar-refractivity contribution in [3.05, 3.63) is 53.6 Å². The Morgan fingerprint density at radius 2 is 2.17 bits per heavy atom. The van der Waals surface area contributed by atoms with Gasteiger partial charge in [-0.1, -0.05) is 30.3 Å². The summed E-state index contributed by atoms with van der Waals surface area (Å²) in [5.74, 6) is -0.142. The van der Waals surface area contributed by atoms with Gasteiger partial charge in [-0.05, 0) is 18.9 Å². The maximum atomic E-state index is 12.2. The quantitative estimate of drug-likeness (QED) is 0.873. The summed E-state index contributed by atoms with van der Waals surface area (Å²) in [7, 11) is 0. The molecular formula is C17H20N4O2. The van der Waals surface area contributed by atoms with Crippen LogP contribution in [0, 0.1) is 6.92 Å². The number of carbonyl (C=O) groups is 2. The maximum absolute atomic E-state index is 12.2. The van der Waals surface area contributed by atoms with E-state index in [0.717, 1.165) is 12.1 Å². The van der Waals surface area contributed by atoms with Gasteiger partial charge in [0.25, 0.3) is 5.91 Å². The lowest BCUT2D eigenvalue weighted by Gasteiger charge is -2.17. The van der Waals surface area contributed by atoms with Gasteiger partial charge in [-0.2, -0.15) is 0 Å². The Kier molecular flexibility index (Phi) is 4.41. The van der Waals surface area contributed by atoms with Gasteiger partial charge in [-0.25, -0.2) is 4.98 Å². The average molecular weight is 312 g/mol. The molecule has 3 rings (SSSR count). The van der Waals surface area contributed by atoms with Crippen LogP contribution in [0.5, 0.6) is 0 Å². The third-order valence-electron chi connectivity index (χ3n) is 4.11. The predicted octanol–water partition coefficient (Wildman–Crippen LogP) is 1.29. The molecule has 1 fully saturated rings. The van der Waals surface area contributed by atoms with E-state index in [1.165, 1.54) is 11.9 Å². The molecule has 6 nitrogen and oxygen atoms in total. The number of H-pyrrole nitrogens is 1. The minimum Gasteiger partial charge on any atom is -0.348 e. The molecule has 0 bridgehead atoms. The lowest BCUT2D eigenvalue weighted by atomic mass is 10.1. The van der Waals surface area contributed by atoms with E-state index in [4.69, 9.17) is 0 Å². The third-order valence-corrected chi connectivity index (χ3v) is 4.11. The normalized spacial score (nSPS) is 17.5. The summed E-state index contributed by atoms with van der Waals surface area (Å²) in [5.41, 5.74) is 2.33. The van der Waals surface area contributed by atoms with Crippen LogP contribution in [0.3, 0.4) is 0 Å². The first kappa shape index (κ1) is 15.3. The van der Waals surface area contributed by atoms with E-state index in [-0.39, 0.29) is 17.9 Å². The van der Waals surface area contributed by atoms with Gasteiger partial charge in [-0.3, -0.25) is 9.59 Å². The largest absolute Gasteiger partial charge is 0.348 e. The van der Waals surface area contributed by atoms with E-state index in [0.29, 0.717) is 25.2 Å². The van der Waals surface area contributed by atoms with Gasteiger partial charge in [0.1, 0.15) is 5.69 Å². The summed E-state index contributed by atoms with van der Waals surface area (Å²) >= 11 is 0. The number of benzene rings is 1. The van der Waals surface area contributed by atoms with Crippen molar-refractivity contribution in [2.24, 2.45) is 0 Å². The Balaban J connectivity index is 1.53. The first-order valence-electron chi connectivity index (χ1n) is 7.76. The highest BCUT2D eigenvalue weighted by molar-refractivity contribution is 5.94. The number of aromatic nitrogens is 2. The molecule has 2 heterocycles. The van der Waals surface area contributed by atoms with Gasteiger partial charge in [0.05, 0.1) is 12.4 Å². The number of rotatable bonds is 5. The number of aromatic amines is 1. The molecule has 2 aromatic rings. The van der Waals surface area contributed by atoms with Crippen molar-refractivity contribution in [1.82, 2.24) is 20.2 Å². The molecule has 1 aromatic heterocycles. The Morgan fingerprint density at radius 3 is 2.87 bits per heavy atom. The van der Waals surface area contributed by atoms with Gasteiger partial charge in [0.15, 0.2) is 0 Å². The van der Waals surface area contributed by atoms with Gasteiger partial charge in [0.2, 0.25) is 5.91 Å². The van der Waals surface area contributed by atoms with E-state index in [9.17, 15) is 9.59 Å². The van der Waals surface area contributed by atoms with Gasteiger partial charge in [0, 0.05) is 25.2 Å². The smallest absolute Gasteiger partial charge is 0.272 e. The highest BCUT2D eigenvalue weighted by Crippen LogP contribution is 2.13. The zero-order valence-corrected chi connectivity index (χ0v) is 13.1. The summed E-state index contributed by atoms with van der Waals surface area (Å²) in [6, 6.07) is 9.93. The second-order valence-corrected chi connectivity index (χ2v) is 5.83. The molecule has 0 saturated carbocycles. The van der Waals surface area contributed by atoms with Crippen LogP contribution in [0.25, 0.3) is 0 Å². The Hall–Kier alpha value is -2.63. The lowest BCUT2D eigenvalue weighted by Crippen LogP contribution is -2.38. The highest BCUT2D eigenvalue weighted by atomic mass is 16.2. The molecule has 1 unspecified atom stereocenters. The molecule has 2 N–H and O–H groups in total. The Labute approximate surface area is 134 Å². The van der Waals surface area contributed by atoms with E-state index >= 15 is 0 Å². The van der Waals surface area contributed by atoms with E-state index in [1.807, 2.05) is 23.1 Å². The minimum atomic E-state index is -0.230. The molecule has 1 aliphatic rings. The monoisotopic (exact) mass is 312 g/mol. The van der Waals surface area contributed by atoms with Gasteiger partial charge < -0.3 is 15.2 Å². The molecule has 1 atom stereocenters. The molecule has 1 saturated heterocycles. The van der Waals surface area contributed by atoms with Crippen LogP contribution in [0.2, 0.25) is 0 Å². The van der Waals surface area contributed by atoms with E-state index < -0.39 is 0 Å². The van der Waals surface area contributed by atoms with Crippen LogP contribution in [0.4, 0.5) is 0 Å². The van der Waals surface area contributed by atoms with Crippen LogP contribution in [-0.4, -0.2) is 45.8 Å². The van der Waals surface area contributed by atoms with Crippen molar-refractivity contribution in [2.45, 2.75) is 25.8 Å². The standard InChI is InChI=1S/C17H20N4O2/c1-12-16(19-11-18-12)17(23)20-14-9-15(22)21(10-14)8-7-13-5-3-2-4-6-13/h2-6,11,14H,7-10H2,1H3,(H,18,19)(H,20,23). The summed E-state index contributed by atoms with van der Waals surface area (Å²) in [4.78, 5) is 32.9. The van der Waals surface area contributed by atoms with Gasteiger partial charge in [-0.15, -0.1) is 0 Å². The second kappa shape index (κ2) is 6.64. The zero-order valence-electron chi connectivity index (χ0n) is 13.1. The fourth-order valence-corrected chi connectivity index (χ4v) is 2.84. The fourth-order valence-electron chi connectivity index (χ4n) is 2.84. The van der Waals surface area contributed by atoms with Crippen molar-refractivity contribution >= 4 is 11.8 Å². The van der Waals surface area contributed by atoms with Crippen LogP contribution in [-0.2, 0) is 11.2 Å². The lowest BCUT2D eigenvalue weighted by molar-refractivity contribution is -0.127.